The van der Waals surface area contributed by atoms with Gasteiger partial charge in [0.1, 0.15) is 6.61 Å². The van der Waals surface area contributed by atoms with Crippen molar-refractivity contribution >= 4 is 0 Å². The van der Waals surface area contributed by atoms with Gasteiger partial charge < -0.3 is 9.15 Å². The van der Waals surface area contributed by atoms with E-state index in [1.165, 1.54) is 11.1 Å². The van der Waals surface area contributed by atoms with Gasteiger partial charge in [-0.15, -0.1) is 10.2 Å². The summed E-state index contributed by atoms with van der Waals surface area (Å²) in [6.07, 6.45) is 0. The summed E-state index contributed by atoms with van der Waals surface area (Å²) >= 11 is 0. The fourth-order valence-corrected chi connectivity index (χ4v) is 1.43. The van der Waals surface area contributed by atoms with E-state index in [2.05, 4.69) is 24.0 Å². The maximum atomic E-state index is 5.46. The lowest BCUT2D eigenvalue weighted by Gasteiger charge is -2.00. The Morgan fingerprint density at radius 2 is 2.00 bits per heavy atom. The Morgan fingerprint density at radius 3 is 2.69 bits per heavy atom. The van der Waals surface area contributed by atoms with E-state index in [0.717, 1.165) is 5.56 Å². The predicted octanol–water partition coefficient (Wildman–Crippen LogP) is 2.50. The molecular weight excluding hydrogens is 204 g/mol. The first-order valence-electron chi connectivity index (χ1n) is 5.09. The van der Waals surface area contributed by atoms with Crippen LogP contribution in [-0.2, 0) is 11.3 Å². The second-order valence-corrected chi connectivity index (χ2v) is 3.73. The van der Waals surface area contributed by atoms with E-state index in [0.29, 0.717) is 18.4 Å². The summed E-state index contributed by atoms with van der Waals surface area (Å²) in [5.74, 6) is 1.03. The van der Waals surface area contributed by atoms with Crippen LogP contribution >= 0.6 is 0 Å². The minimum atomic E-state index is 0.345. The van der Waals surface area contributed by atoms with Gasteiger partial charge in [-0.2, -0.15) is 0 Å². The summed E-state index contributed by atoms with van der Waals surface area (Å²) in [6.45, 7) is 4.48. The summed E-state index contributed by atoms with van der Waals surface area (Å²) in [6, 6.07) is 6.07. The van der Waals surface area contributed by atoms with Gasteiger partial charge >= 0.3 is 0 Å². The lowest BCUT2D eigenvalue weighted by atomic mass is 10.1. The first-order chi connectivity index (χ1) is 7.70. The lowest BCUT2D eigenvalue weighted by molar-refractivity contribution is 0.160. The average Bonchev–Trinajstić information content (AvgIpc) is 2.71. The summed E-state index contributed by atoms with van der Waals surface area (Å²) in [7, 11) is 1.60. The van der Waals surface area contributed by atoms with E-state index in [-0.39, 0.29) is 0 Å². The predicted molar refractivity (Wildman–Crippen MR) is 59.9 cm³/mol. The molecule has 0 amide bonds. The highest BCUT2D eigenvalue weighted by molar-refractivity contribution is 5.55. The highest BCUT2D eigenvalue weighted by atomic mass is 16.5. The third kappa shape index (κ3) is 2.12. The van der Waals surface area contributed by atoms with Crippen LogP contribution in [0.2, 0.25) is 0 Å². The topological polar surface area (TPSA) is 48.2 Å². The van der Waals surface area contributed by atoms with Crippen molar-refractivity contribution in [3.63, 3.8) is 0 Å². The quantitative estimate of drug-likeness (QED) is 0.794. The van der Waals surface area contributed by atoms with Crippen molar-refractivity contribution in [1.29, 1.82) is 0 Å². The zero-order valence-electron chi connectivity index (χ0n) is 9.65. The Labute approximate surface area is 94.3 Å². The SMILES string of the molecule is COCc1nnc(-c2ccc(C)c(C)c2)o1. The molecule has 2 rings (SSSR count). The van der Waals surface area contributed by atoms with Crippen molar-refractivity contribution in [2.75, 3.05) is 7.11 Å². The number of hydrogen-bond donors (Lipinski definition) is 0. The van der Waals surface area contributed by atoms with Gasteiger partial charge in [0.2, 0.25) is 11.8 Å². The second-order valence-electron chi connectivity index (χ2n) is 3.73. The third-order valence-corrected chi connectivity index (χ3v) is 2.49. The molecule has 2 aromatic rings. The van der Waals surface area contributed by atoms with Gasteiger partial charge in [0.05, 0.1) is 0 Å². The maximum absolute atomic E-state index is 5.46. The van der Waals surface area contributed by atoms with Crippen molar-refractivity contribution in [2.24, 2.45) is 0 Å². The Balaban J connectivity index is 2.31. The number of rotatable bonds is 3. The van der Waals surface area contributed by atoms with Gasteiger partial charge in [0.15, 0.2) is 0 Å². The average molecular weight is 218 g/mol. The first-order valence-corrected chi connectivity index (χ1v) is 5.09. The molecule has 0 aliphatic rings. The maximum Gasteiger partial charge on any atom is 0.247 e. The Hall–Kier alpha value is -1.68. The molecule has 0 spiro atoms. The molecule has 0 unspecified atom stereocenters. The van der Waals surface area contributed by atoms with E-state index >= 15 is 0 Å². The van der Waals surface area contributed by atoms with Crippen molar-refractivity contribution in [1.82, 2.24) is 10.2 Å². The zero-order chi connectivity index (χ0) is 11.5. The molecule has 1 aromatic heterocycles. The van der Waals surface area contributed by atoms with Crippen molar-refractivity contribution < 1.29 is 9.15 Å². The molecule has 0 radical (unpaired) electrons. The van der Waals surface area contributed by atoms with Crippen LogP contribution in [0.4, 0.5) is 0 Å². The third-order valence-electron chi connectivity index (χ3n) is 2.49. The Kier molecular flexibility index (Phi) is 3.01. The number of benzene rings is 1. The molecule has 0 saturated heterocycles. The fourth-order valence-electron chi connectivity index (χ4n) is 1.43. The molecule has 0 atom stereocenters. The van der Waals surface area contributed by atoms with Crippen LogP contribution < -0.4 is 0 Å². The molecule has 84 valence electrons. The molecule has 0 saturated carbocycles. The van der Waals surface area contributed by atoms with Crippen LogP contribution in [0.15, 0.2) is 22.6 Å². The van der Waals surface area contributed by atoms with E-state index in [4.69, 9.17) is 9.15 Å². The number of aryl methyl sites for hydroxylation is 2. The van der Waals surface area contributed by atoms with Gasteiger partial charge in [-0.05, 0) is 37.1 Å². The van der Waals surface area contributed by atoms with Crippen molar-refractivity contribution in [2.45, 2.75) is 20.5 Å². The lowest BCUT2D eigenvalue weighted by Crippen LogP contribution is -1.85. The highest BCUT2D eigenvalue weighted by Gasteiger charge is 2.08. The summed E-state index contributed by atoms with van der Waals surface area (Å²) < 4.78 is 10.4. The molecule has 0 N–H and O–H groups in total. The van der Waals surface area contributed by atoms with Crippen LogP contribution in [0.1, 0.15) is 17.0 Å². The van der Waals surface area contributed by atoms with E-state index in [9.17, 15) is 0 Å². The number of nitrogens with zero attached hydrogens (tertiary/aromatic N) is 2. The van der Waals surface area contributed by atoms with Crippen LogP contribution in [0.3, 0.4) is 0 Å². The summed E-state index contributed by atoms with van der Waals surface area (Å²) in [4.78, 5) is 0. The summed E-state index contributed by atoms with van der Waals surface area (Å²) in [5.41, 5.74) is 3.40. The summed E-state index contributed by atoms with van der Waals surface area (Å²) in [5, 5.41) is 7.87. The second kappa shape index (κ2) is 4.45. The Morgan fingerprint density at radius 1 is 1.19 bits per heavy atom. The minimum absolute atomic E-state index is 0.345. The number of hydrogen-bond acceptors (Lipinski definition) is 4. The molecule has 16 heavy (non-hydrogen) atoms. The van der Waals surface area contributed by atoms with E-state index in [1.54, 1.807) is 7.11 Å². The van der Waals surface area contributed by atoms with Gasteiger partial charge in [-0.25, -0.2) is 0 Å². The highest BCUT2D eigenvalue weighted by Crippen LogP contribution is 2.20. The molecule has 1 aromatic carbocycles. The smallest absolute Gasteiger partial charge is 0.247 e. The first kappa shape index (κ1) is 10.8. The monoisotopic (exact) mass is 218 g/mol. The number of methoxy groups -OCH3 is 1. The molecule has 0 aliphatic heterocycles. The van der Waals surface area contributed by atoms with Gasteiger partial charge in [-0.3, -0.25) is 0 Å². The van der Waals surface area contributed by atoms with Crippen molar-refractivity contribution in [3.8, 4) is 11.5 Å². The van der Waals surface area contributed by atoms with Gasteiger partial charge in [0.25, 0.3) is 0 Å². The zero-order valence-corrected chi connectivity index (χ0v) is 9.65. The molecule has 1 heterocycles. The van der Waals surface area contributed by atoms with E-state index in [1.807, 2.05) is 18.2 Å². The van der Waals surface area contributed by atoms with Crippen LogP contribution in [-0.4, -0.2) is 17.3 Å². The largest absolute Gasteiger partial charge is 0.418 e. The molecule has 4 nitrogen and oxygen atoms in total. The molecule has 4 heteroatoms. The standard InChI is InChI=1S/C12H14N2O2/c1-8-4-5-10(6-9(8)2)12-14-13-11(16-12)7-15-3/h4-6H,7H2,1-3H3. The van der Waals surface area contributed by atoms with E-state index < -0.39 is 0 Å². The number of ether oxygens (including phenoxy) is 1. The number of aromatic nitrogens is 2. The van der Waals surface area contributed by atoms with Crippen LogP contribution in [0.25, 0.3) is 11.5 Å². The van der Waals surface area contributed by atoms with Crippen LogP contribution in [0.5, 0.6) is 0 Å². The Bertz CT molecular complexity index is 492. The minimum Gasteiger partial charge on any atom is -0.418 e. The van der Waals surface area contributed by atoms with Gasteiger partial charge in [-0.1, -0.05) is 6.07 Å². The molecular formula is C12H14N2O2. The van der Waals surface area contributed by atoms with Crippen LogP contribution in [0, 0.1) is 13.8 Å². The molecule has 0 fully saturated rings. The fraction of sp³-hybridized carbons (Fsp3) is 0.333. The van der Waals surface area contributed by atoms with Gasteiger partial charge in [0, 0.05) is 12.7 Å². The normalized spacial score (nSPS) is 10.7. The molecule has 0 aliphatic carbocycles. The molecule has 0 bridgehead atoms. The van der Waals surface area contributed by atoms with Crippen molar-refractivity contribution in [3.05, 3.63) is 35.2 Å².